The highest BCUT2D eigenvalue weighted by molar-refractivity contribution is 5.96. The molecule has 0 unspecified atom stereocenters. The van der Waals surface area contributed by atoms with Crippen molar-refractivity contribution in [2.75, 3.05) is 26.2 Å². The first-order valence-corrected chi connectivity index (χ1v) is 7.33. The van der Waals surface area contributed by atoms with Gasteiger partial charge >= 0.3 is 0 Å². The summed E-state index contributed by atoms with van der Waals surface area (Å²) in [5.41, 5.74) is 3.40. The molecule has 0 spiro atoms. The van der Waals surface area contributed by atoms with Gasteiger partial charge in [-0.2, -0.15) is 0 Å². The average Bonchev–Trinajstić information content (AvgIpc) is 2.43. The van der Waals surface area contributed by atoms with Crippen molar-refractivity contribution in [3.8, 4) is 0 Å². The fourth-order valence-electron chi connectivity index (χ4n) is 3.22. The Hall–Kier alpha value is -1.35. The van der Waals surface area contributed by atoms with Crippen LogP contribution < -0.4 is 5.32 Å². The molecule has 0 atom stereocenters. The van der Waals surface area contributed by atoms with E-state index in [2.05, 4.69) is 23.2 Å². The van der Waals surface area contributed by atoms with Gasteiger partial charge in [0.15, 0.2) is 0 Å². The van der Waals surface area contributed by atoms with Crippen molar-refractivity contribution < 1.29 is 4.79 Å². The molecule has 1 aromatic rings. The Morgan fingerprint density at radius 2 is 2.11 bits per heavy atom. The van der Waals surface area contributed by atoms with Crippen LogP contribution in [0.4, 0.5) is 0 Å². The van der Waals surface area contributed by atoms with E-state index >= 15 is 0 Å². The molecule has 1 fully saturated rings. The monoisotopic (exact) mass is 258 g/mol. The Bertz CT molecular complexity index is 478. The number of piperidine rings is 1. The summed E-state index contributed by atoms with van der Waals surface area (Å²) in [6.45, 7) is 6.12. The lowest BCUT2D eigenvalue weighted by molar-refractivity contribution is 0.0699. The Morgan fingerprint density at radius 1 is 1.32 bits per heavy atom. The molecule has 0 saturated carbocycles. The van der Waals surface area contributed by atoms with Crippen LogP contribution in [0.1, 0.15) is 34.3 Å². The van der Waals surface area contributed by atoms with Crippen molar-refractivity contribution in [1.29, 1.82) is 0 Å². The van der Waals surface area contributed by atoms with Crippen molar-refractivity contribution in [3.05, 3.63) is 34.9 Å². The van der Waals surface area contributed by atoms with Crippen molar-refractivity contribution in [2.45, 2.75) is 26.2 Å². The number of hydrogen-bond donors (Lipinski definition) is 1. The van der Waals surface area contributed by atoms with Gasteiger partial charge in [0.1, 0.15) is 0 Å². The van der Waals surface area contributed by atoms with E-state index in [9.17, 15) is 4.79 Å². The summed E-state index contributed by atoms with van der Waals surface area (Å²) in [5, 5.41) is 3.38. The van der Waals surface area contributed by atoms with Gasteiger partial charge in [0.25, 0.3) is 5.91 Å². The predicted molar refractivity (Wildman–Crippen MR) is 76.4 cm³/mol. The molecule has 0 radical (unpaired) electrons. The minimum Gasteiger partial charge on any atom is -0.338 e. The van der Waals surface area contributed by atoms with E-state index in [1.54, 1.807) is 0 Å². The van der Waals surface area contributed by atoms with Gasteiger partial charge in [0.2, 0.25) is 0 Å². The smallest absolute Gasteiger partial charge is 0.254 e. The summed E-state index contributed by atoms with van der Waals surface area (Å²) in [4.78, 5) is 14.6. The van der Waals surface area contributed by atoms with E-state index in [0.717, 1.165) is 38.2 Å². The average molecular weight is 258 g/mol. The van der Waals surface area contributed by atoms with Crippen LogP contribution in [0.3, 0.4) is 0 Å². The number of nitrogens with zero attached hydrogens (tertiary/aromatic N) is 1. The van der Waals surface area contributed by atoms with Crippen LogP contribution >= 0.6 is 0 Å². The molecule has 19 heavy (non-hydrogen) atoms. The highest BCUT2D eigenvalue weighted by Crippen LogP contribution is 2.22. The number of nitrogens with one attached hydrogen (secondary N) is 1. The van der Waals surface area contributed by atoms with Gasteiger partial charge in [-0.3, -0.25) is 4.79 Å². The first-order valence-electron chi connectivity index (χ1n) is 7.33. The fraction of sp³-hybridized carbons (Fsp3) is 0.562. The molecule has 2 heterocycles. The molecule has 0 aromatic heterocycles. The van der Waals surface area contributed by atoms with Crippen LogP contribution in [0.5, 0.6) is 0 Å². The SMILES string of the molecule is Cc1ccc2c(c1)CCN(CC1CCNCC1)C2=O. The Labute approximate surface area is 115 Å². The number of carbonyl (C=O) groups excluding carboxylic acids is 1. The number of carbonyl (C=O) groups is 1. The highest BCUT2D eigenvalue weighted by Gasteiger charge is 2.26. The minimum atomic E-state index is 0.236. The van der Waals surface area contributed by atoms with Crippen LogP contribution in [0, 0.1) is 12.8 Å². The van der Waals surface area contributed by atoms with Crippen LogP contribution in [0.15, 0.2) is 18.2 Å². The largest absolute Gasteiger partial charge is 0.338 e. The summed E-state index contributed by atoms with van der Waals surface area (Å²) in [6, 6.07) is 6.21. The van der Waals surface area contributed by atoms with E-state index in [0.29, 0.717) is 5.92 Å². The number of hydrogen-bond acceptors (Lipinski definition) is 2. The van der Waals surface area contributed by atoms with Gasteiger partial charge in [0.05, 0.1) is 0 Å². The van der Waals surface area contributed by atoms with Gasteiger partial charge in [-0.1, -0.05) is 17.7 Å². The molecule has 0 bridgehead atoms. The van der Waals surface area contributed by atoms with Gasteiger partial charge in [0, 0.05) is 18.7 Å². The summed E-state index contributed by atoms with van der Waals surface area (Å²) in [5.74, 6) is 0.914. The first kappa shape index (κ1) is 12.7. The van der Waals surface area contributed by atoms with E-state index in [1.807, 2.05) is 12.1 Å². The Kier molecular flexibility index (Phi) is 3.56. The second kappa shape index (κ2) is 5.33. The summed E-state index contributed by atoms with van der Waals surface area (Å²) in [6.07, 6.45) is 3.41. The van der Waals surface area contributed by atoms with E-state index < -0.39 is 0 Å². The Balaban J connectivity index is 1.72. The number of amides is 1. The molecule has 3 rings (SSSR count). The molecule has 1 amide bonds. The predicted octanol–water partition coefficient (Wildman–Crippen LogP) is 1.99. The summed E-state index contributed by atoms with van der Waals surface area (Å²) >= 11 is 0. The van der Waals surface area contributed by atoms with Crippen LogP contribution in [0.2, 0.25) is 0 Å². The maximum Gasteiger partial charge on any atom is 0.254 e. The molecule has 2 aliphatic rings. The number of benzene rings is 1. The molecule has 1 saturated heterocycles. The van der Waals surface area contributed by atoms with Gasteiger partial charge in [-0.25, -0.2) is 0 Å². The molecular formula is C16H22N2O. The molecule has 3 nitrogen and oxygen atoms in total. The van der Waals surface area contributed by atoms with Crippen molar-refractivity contribution in [3.63, 3.8) is 0 Å². The molecule has 1 aromatic carbocycles. The van der Waals surface area contributed by atoms with E-state index in [1.165, 1.54) is 24.0 Å². The second-order valence-electron chi connectivity index (χ2n) is 5.86. The highest BCUT2D eigenvalue weighted by atomic mass is 16.2. The lowest BCUT2D eigenvalue weighted by atomic mass is 9.93. The van der Waals surface area contributed by atoms with E-state index in [-0.39, 0.29) is 5.91 Å². The lowest BCUT2D eigenvalue weighted by Gasteiger charge is -2.33. The maximum atomic E-state index is 12.5. The van der Waals surface area contributed by atoms with Crippen molar-refractivity contribution in [2.24, 2.45) is 5.92 Å². The third kappa shape index (κ3) is 2.66. The van der Waals surface area contributed by atoms with Gasteiger partial charge < -0.3 is 10.2 Å². The molecule has 102 valence electrons. The van der Waals surface area contributed by atoms with Crippen molar-refractivity contribution >= 4 is 5.91 Å². The quantitative estimate of drug-likeness (QED) is 0.880. The van der Waals surface area contributed by atoms with Gasteiger partial charge in [-0.05, 0) is 56.8 Å². The zero-order chi connectivity index (χ0) is 13.2. The standard InChI is InChI=1S/C16H22N2O/c1-12-2-3-15-14(10-12)6-9-18(16(15)19)11-13-4-7-17-8-5-13/h2-3,10,13,17H,4-9,11H2,1H3. The van der Waals surface area contributed by atoms with Crippen LogP contribution in [-0.2, 0) is 6.42 Å². The molecule has 3 heteroatoms. The summed E-state index contributed by atoms with van der Waals surface area (Å²) < 4.78 is 0. The van der Waals surface area contributed by atoms with E-state index in [4.69, 9.17) is 0 Å². The number of fused-ring (bicyclic) bond motifs is 1. The first-order chi connectivity index (χ1) is 9.24. The molecular weight excluding hydrogens is 236 g/mol. The fourth-order valence-corrected chi connectivity index (χ4v) is 3.22. The van der Waals surface area contributed by atoms with Gasteiger partial charge in [-0.15, -0.1) is 0 Å². The molecule has 2 aliphatic heterocycles. The van der Waals surface area contributed by atoms with Crippen molar-refractivity contribution in [1.82, 2.24) is 10.2 Å². The topological polar surface area (TPSA) is 32.3 Å². The normalized spacial score (nSPS) is 20.5. The third-order valence-corrected chi connectivity index (χ3v) is 4.37. The maximum absolute atomic E-state index is 12.5. The molecule has 1 N–H and O–H groups in total. The third-order valence-electron chi connectivity index (χ3n) is 4.37. The Morgan fingerprint density at radius 3 is 2.89 bits per heavy atom. The lowest BCUT2D eigenvalue weighted by Crippen LogP contribution is -2.42. The summed E-state index contributed by atoms with van der Waals surface area (Å²) in [7, 11) is 0. The molecule has 0 aliphatic carbocycles. The van der Waals surface area contributed by atoms with Crippen LogP contribution in [0.25, 0.3) is 0 Å². The number of rotatable bonds is 2. The van der Waals surface area contributed by atoms with Crippen LogP contribution in [-0.4, -0.2) is 37.0 Å². The zero-order valence-electron chi connectivity index (χ0n) is 11.6. The second-order valence-corrected chi connectivity index (χ2v) is 5.86. The minimum absolute atomic E-state index is 0.236. The zero-order valence-corrected chi connectivity index (χ0v) is 11.6. The number of aryl methyl sites for hydroxylation is 1.